The number of benzene rings is 2. The number of nitrogens with zero attached hydrogens (tertiary/aromatic N) is 2. The number of hydrogen-bond acceptors (Lipinski definition) is 6. The Kier molecular flexibility index (Phi) is 6.37. The van der Waals surface area contributed by atoms with Gasteiger partial charge in [-0.25, -0.2) is 9.78 Å². The fourth-order valence-electron chi connectivity index (χ4n) is 4.58. The molecule has 9 heteroatoms. The highest BCUT2D eigenvalue weighted by Crippen LogP contribution is 2.37. The van der Waals surface area contributed by atoms with Crippen molar-refractivity contribution in [3.8, 4) is 11.3 Å². The van der Waals surface area contributed by atoms with E-state index in [1.165, 1.54) is 0 Å². The monoisotopic (exact) mass is 505 g/mol. The van der Waals surface area contributed by atoms with Crippen molar-refractivity contribution in [2.75, 3.05) is 19.8 Å². The van der Waals surface area contributed by atoms with Crippen LogP contribution in [-0.4, -0.2) is 64.6 Å². The normalized spacial score (nSPS) is 21.4. The van der Waals surface area contributed by atoms with E-state index in [2.05, 4.69) is 74.1 Å². The fourth-order valence-corrected chi connectivity index (χ4v) is 4.58. The van der Waals surface area contributed by atoms with Crippen molar-refractivity contribution in [1.29, 1.82) is 0 Å². The lowest BCUT2D eigenvalue weighted by molar-refractivity contribution is -0.0349. The van der Waals surface area contributed by atoms with Gasteiger partial charge in [0.05, 0.1) is 36.3 Å². The SMILES string of the molecule is CC(C)(C)OC(=O)N1CCOC[C@H]1c1ncc(-c2ccc3cc(B4OC(C)(C)C(C)(C)O4)ccc3c2)[nH]1. The summed E-state index contributed by atoms with van der Waals surface area (Å²) in [5.74, 6) is 0.678. The summed E-state index contributed by atoms with van der Waals surface area (Å²) in [7, 11) is -0.394. The summed E-state index contributed by atoms with van der Waals surface area (Å²) >= 11 is 0. The molecule has 1 atom stereocenters. The fraction of sp³-hybridized carbons (Fsp3) is 0.500. The molecular weight excluding hydrogens is 469 g/mol. The molecule has 0 spiro atoms. The number of hydrogen-bond donors (Lipinski definition) is 1. The summed E-state index contributed by atoms with van der Waals surface area (Å²) in [6, 6.07) is 12.2. The van der Waals surface area contributed by atoms with Gasteiger partial charge in [-0.2, -0.15) is 0 Å². The van der Waals surface area contributed by atoms with Crippen LogP contribution in [0.5, 0.6) is 0 Å². The van der Waals surface area contributed by atoms with Gasteiger partial charge in [0.15, 0.2) is 0 Å². The van der Waals surface area contributed by atoms with Gasteiger partial charge in [0, 0.05) is 12.1 Å². The average molecular weight is 505 g/mol. The standard InChI is InChI=1S/C28H36BN3O5/c1-26(2,3)35-25(33)32-12-13-34-17-23(32)24-30-16-22(31-24)20-9-8-19-15-21(11-10-18(19)14-20)29-36-27(4,5)28(6,7)37-29/h8-11,14-16,23H,12-13,17H2,1-7H3,(H,30,31)/t23-/m0/s1. The first-order valence-corrected chi connectivity index (χ1v) is 12.8. The maximum atomic E-state index is 12.8. The van der Waals surface area contributed by atoms with Crippen molar-refractivity contribution in [2.24, 2.45) is 0 Å². The lowest BCUT2D eigenvalue weighted by atomic mass is 9.78. The number of fused-ring (bicyclic) bond motifs is 1. The van der Waals surface area contributed by atoms with Crippen molar-refractivity contribution in [3.63, 3.8) is 0 Å². The number of nitrogens with one attached hydrogen (secondary N) is 1. The molecule has 0 saturated carbocycles. The number of rotatable bonds is 3. The maximum Gasteiger partial charge on any atom is 0.494 e. The highest BCUT2D eigenvalue weighted by atomic mass is 16.7. The number of aromatic nitrogens is 2. The topological polar surface area (TPSA) is 85.9 Å². The second-order valence-corrected chi connectivity index (χ2v) is 11.9. The minimum Gasteiger partial charge on any atom is -0.444 e. The highest BCUT2D eigenvalue weighted by Gasteiger charge is 2.51. The molecule has 2 fully saturated rings. The lowest BCUT2D eigenvalue weighted by Gasteiger charge is -2.35. The van der Waals surface area contributed by atoms with Crippen LogP contribution in [0.4, 0.5) is 4.79 Å². The molecule has 1 aromatic heterocycles. The molecule has 2 saturated heterocycles. The van der Waals surface area contributed by atoms with Crippen LogP contribution in [0.25, 0.3) is 22.0 Å². The molecule has 3 heterocycles. The summed E-state index contributed by atoms with van der Waals surface area (Å²) in [4.78, 5) is 22.5. The zero-order valence-electron chi connectivity index (χ0n) is 22.8. The molecule has 5 rings (SSSR count). The first-order chi connectivity index (χ1) is 17.3. The summed E-state index contributed by atoms with van der Waals surface area (Å²) < 4.78 is 23.7. The molecule has 1 amide bonds. The molecule has 0 aliphatic carbocycles. The van der Waals surface area contributed by atoms with E-state index in [9.17, 15) is 4.79 Å². The van der Waals surface area contributed by atoms with Crippen LogP contribution in [0.3, 0.4) is 0 Å². The van der Waals surface area contributed by atoms with Gasteiger partial charge in [-0.05, 0) is 70.8 Å². The molecule has 3 aromatic rings. The Morgan fingerprint density at radius 1 is 1.08 bits per heavy atom. The van der Waals surface area contributed by atoms with Gasteiger partial charge in [-0.3, -0.25) is 4.90 Å². The lowest BCUT2D eigenvalue weighted by Crippen LogP contribution is -2.46. The number of ether oxygens (including phenoxy) is 2. The molecule has 8 nitrogen and oxygen atoms in total. The summed E-state index contributed by atoms with van der Waals surface area (Å²) in [6.07, 6.45) is 1.44. The van der Waals surface area contributed by atoms with Crippen LogP contribution in [0.1, 0.15) is 60.3 Å². The molecule has 37 heavy (non-hydrogen) atoms. The minimum absolute atomic E-state index is 0.333. The van der Waals surface area contributed by atoms with Gasteiger partial charge in [0.2, 0.25) is 0 Å². The summed E-state index contributed by atoms with van der Waals surface area (Å²) in [5.41, 5.74) is 1.56. The summed E-state index contributed by atoms with van der Waals surface area (Å²) in [5, 5.41) is 2.21. The third-order valence-corrected chi connectivity index (χ3v) is 7.37. The van der Waals surface area contributed by atoms with Crippen molar-refractivity contribution < 1.29 is 23.6 Å². The van der Waals surface area contributed by atoms with E-state index < -0.39 is 12.7 Å². The molecule has 2 aliphatic rings. The summed E-state index contributed by atoms with van der Waals surface area (Å²) in [6.45, 7) is 15.1. The van der Waals surface area contributed by atoms with E-state index in [0.29, 0.717) is 25.6 Å². The minimum atomic E-state index is -0.568. The van der Waals surface area contributed by atoms with Crippen LogP contribution in [0.2, 0.25) is 0 Å². The molecule has 1 N–H and O–H groups in total. The first kappa shape index (κ1) is 25.8. The molecule has 0 unspecified atom stereocenters. The second kappa shape index (κ2) is 9.15. The molecule has 2 aliphatic heterocycles. The Morgan fingerprint density at radius 3 is 2.46 bits per heavy atom. The smallest absolute Gasteiger partial charge is 0.444 e. The van der Waals surface area contributed by atoms with E-state index in [0.717, 1.165) is 27.5 Å². The van der Waals surface area contributed by atoms with Crippen LogP contribution >= 0.6 is 0 Å². The molecule has 2 aromatic carbocycles. The maximum absolute atomic E-state index is 12.8. The Morgan fingerprint density at radius 2 is 1.76 bits per heavy atom. The van der Waals surface area contributed by atoms with Crippen molar-refractivity contribution >= 4 is 29.4 Å². The third-order valence-electron chi connectivity index (χ3n) is 7.37. The van der Waals surface area contributed by atoms with Gasteiger partial charge in [-0.15, -0.1) is 0 Å². The number of carbonyl (C=O) groups is 1. The molecule has 0 bridgehead atoms. The van der Waals surface area contributed by atoms with Gasteiger partial charge in [0.25, 0.3) is 0 Å². The third kappa shape index (κ3) is 5.13. The van der Waals surface area contributed by atoms with Crippen LogP contribution in [0.15, 0.2) is 42.6 Å². The van der Waals surface area contributed by atoms with E-state index in [4.69, 9.17) is 18.8 Å². The van der Waals surface area contributed by atoms with E-state index in [1.54, 1.807) is 11.1 Å². The zero-order chi connectivity index (χ0) is 26.6. The number of carbonyl (C=O) groups excluding carboxylic acids is 1. The molecular formula is C28H36BN3O5. The van der Waals surface area contributed by atoms with Gasteiger partial charge < -0.3 is 23.8 Å². The van der Waals surface area contributed by atoms with E-state index >= 15 is 0 Å². The Bertz CT molecular complexity index is 1300. The first-order valence-electron chi connectivity index (χ1n) is 12.8. The molecule has 196 valence electrons. The van der Waals surface area contributed by atoms with Crippen molar-refractivity contribution in [2.45, 2.75) is 71.3 Å². The van der Waals surface area contributed by atoms with Gasteiger partial charge in [-0.1, -0.05) is 30.3 Å². The van der Waals surface area contributed by atoms with Crippen molar-refractivity contribution in [1.82, 2.24) is 14.9 Å². The van der Waals surface area contributed by atoms with Gasteiger partial charge >= 0.3 is 13.2 Å². The Balaban J connectivity index is 1.36. The number of H-pyrrole nitrogens is 1. The Hall–Kier alpha value is -2.88. The zero-order valence-corrected chi connectivity index (χ0v) is 22.8. The number of aromatic amines is 1. The average Bonchev–Trinajstić information content (AvgIpc) is 3.39. The molecule has 0 radical (unpaired) electrons. The van der Waals surface area contributed by atoms with Crippen molar-refractivity contribution in [3.05, 3.63) is 48.4 Å². The van der Waals surface area contributed by atoms with Gasteiger partial charge in [0.1, 0.15) is 17.5 Å². The van der Waals surface area contributed by atoms with Crippen LogP contribution in [-0.2, 0) is 18.8 Å². The van der Waals surface area contributed by atoms with Crippen LogP contribution in [0, 0.1) is 0 Å². The second-order valence-electron chi connectivity index (χ2n) is 11.9. The number of imidazole rings is 1. The quantitative estimate of drug-likeness (QED) is 0.513. The highest BCUT2D eigenvalue weighted by molar-refractivity contribution is 6.62. The predicted octanol–water partition coefficient (Wildman–Crippen LogP) is 4.84. The number of amides is 1. The van der Waals surface area contributed by atoms with E-state index in [1.807, 2.05) is 20.8 Å². The van der Waals surface area contributed by atoms with E-state index in [-0.39, 0.29) is 23.3 Å². The van der Waals surface area contributed by atoms with Crippen LogP contribution < -0.4 is 5.46 Å². The largest absolute Gasteiger partial charge is 0.494 e. The number of morpholine rings is 1. The predicted molar refractivity (Wildman–Crippen MR) is 144 cm³/mol. The Labute approximate surface area is 218 Å².